The van der Waals surface area contributed by atoms with E-state index in [1.165, 1.54) is 0 Å². The van der Waals surface area contributed by atoms with E-state index in [1.807, 2.05) is 13.2 Å². The van der Waals surface area contributed by atoms with Crippen LogP contribution in [0, 0.1) is 0 Å². The topological polar surface area (TPSA) is 54.7 Å². The Kier molecular flexibility index (Phi) is 1.63. The highest BCUT2D eigenvalue weighted by atomic mass is 16.5. The first-order valence-electron chi connectivity index (χ1n) is 5.35. The number of aryl methyl sites for hydroxylation is 1. The summed E-state index contributed by atoms with van der Waals surface area (Å²) in [6.07, 6.45) is 3.85. The second kappa shape index (κ2) is 2.72. The first-order valence-corrected chi connectivity index (χ1v) is 5.35. The minimum Gasteiger partial charge on any atom is -0.481 e. The smallest absolute Gasteiger partial charge is 0.356 e. The molecule has 1 fully saturated rings. The molecule has 0 aromatic carbocycles. The molecule has 1 aliphatic heterocycles. The van der Waals surface area contributed by atoms with Crippen LogP contribution in [0.2, 0.25) is 0 Å². The number of carbonyl (C=O) groups is 1. The molecule has 1 aromatic rings. The number of fused-ring (bicyclic) bond motifs is 1. The maximum absolute atomic E-state index is 11.2. The van der Waals surface area contributed by atoms with Crippen LogP contribution in [0.5, 0.6) is 5.75 Å². The zero-order valence-corrected chi connectivity index (χ0v) is 9.36. The van der Waals surface area contributed by atoms with Gasteiger partial charge in [-0.25, -0.2) is 4.79 Å². The van der Waals surface area contributed by atoms with E-state index in [0.29, 0.717) is 5.75 Å². The van der Waals surface area contributed by atoms with E-state index in [9.17, 15) is 4.79 Å². The summed E-state index contributed by atoms with van der Waals surface area (Å²) >= 11 is 0. The van der Waals surface area contributed by atoms with Crippen molar-refractivity contribution in [2.75, 3.05) is 18.5 Å². The Bertz CT molecular complexity index is 474. The second-order valence-corrected chi connectivity index (χ2v) is 4.75. The van der Waals surface area contributed by atoms with Gasteiger partial charge in [0.25, 0.3) is 0 Å². The number of aromatic carboxylic acids is 1. The van der Waals surface area contributed by atoms with Gasteiger partial charge in [0.2, 0.25) is 0 Å². The van der Waals surface area contributed by atoms with Gasteiger partial charge in [-0.05, 0) is 12.8 Å². The number of anilines is 1. The van der Waals surface area contributed by atoms with Crippen molar-refractivity contribution >= 4 is 11.7 Å². The van der Waals surface area contributed by atoms with Crippen molar-refractivity contribution in [3.63, 3.8) is 0 Å². The van der Waals surface area contributed by atoms with Crippen LogP contribution >= 0.6 is 0 Å². The molecule has 1 aliphatic carbocycles. The van der Waals surface area contributed by atoms with E-state index >= 15 is 0 Å². The molecule has 86 valence electrons. The number of rotatable bonds is 1. The van der Waals surface area contributed by atoms with Crippen molar-refractivity contribution in [3.8, 4) is 5.75 Å². The van der Waals surface area contributed by atoms with E-state index in [0.717, 1.165) is 25.1 Å². The highest BCUT2D eigenvalue weighted by Gasteiger charge is 2.51. The molecule has 0 atom stereocenters. The number of nitrogens with zero attached hydrogens (tertiary/aromatic N) is 2. The lowest BCUT2D eigenvalue weighted by Crippen LogP contribution is -2.39. The lowest BCUT2D eigenvalue weighted by Gasteiger charge is -2.32. The van der Waals surface area contributed by atoms with Gasteiger partial charge < -0.3 is 19.3 Å². The molecule has 2 heterocycles. The number of likely N-dealkylation sites (N-methyl/N-ethyl adjacent to an activating group) is 1. The van der Waals surface area contributed by atoms with Crippen LogP contribution in [0.4, 0.5) is 5.69 Å². The minimum atomic E-state index is -0.935. The van der Waals surface area contributed by atoms with Gasteiger partial charge in [-0.1, -0.05) is 0 Å². The molecule has 0 bridgehead atoms. The average molecular weight is 222 g/mol. The fraction of sp³-hybridized carbons (Fsp3) is 0.545. The number of hydrogen-bond donors (Lipinski definition) is 1. The standard InChI is InChI=1S/C11H14N2O3/c1-12-5-7-9(8(12)10(14)15)16-11(3-4-11)6-13(7)2/h5H,3-4,6H2,1-2H3,(H,14,15). The van der Waals surface area contributed by atoms with Gasteiger partial charge in [0, 0.05) is 20.3 Å². The van der Waals surface area contributed by atoms with Crippen molar-refractivity contribution in [2.24, 2.45) is 7.05 Å². The van der Waals surface area contributed by atoms with E-state index < -0.39 is 5.97 Å². The lowest BCUT2D eigenvalue weighted by atomic mass is 10.2. The van der Waals surface area contributed by atoms with Gasteiger partial charge in [-0.15, -0.1) is 0 Å². The molecule has 0 unspecified atom stereocenters. The molecule has 1 aromatic heterocycles. The Morgan fingerprint density at radius 1 is 1.50 bits per heavy atom. The van der Waals surface area contributed by atoms with Crippen molar-refractivity contribution in [2.45, 2.75) is 18.4 Å². The third-order valence-electron chi connectivity index (χ3n) is 3.38. The minimum absolute atomic E-state index is 0.118. The summed E-state index contributed by atoms with van der Waals surface area (Å²) in [6.45, 7) is 0.850. The third-order valence-corrected chi connectivity index (χ3v) is 3.38. The van der Waals surface area contributed by atoms with Crippen LogP contribution in [0.25, 0.3) is 0 Å². The first kappa shape index (κ1) is 9.57. The fourth-order valence-corrected chi connectivity index (χ4v) is 2.37. The predicted molar refractivity (Wildman–Crippen MR) is 58.2 cm³/mol. The summed E-state index contributed by atoms with van der Waals surface area (Å²) in [6, 6.07) is 0. The maximum atomic E-state index is 11.2. The van der Waals surface area contributed by atoms with Crippen molar-refractivity contribution in [1.29, 1.82) is 0 Å². The second-order valence-electron chi connectivity index (χ2n) is 4.75. The predicted octanol–water partition coefficient (Wildman–Crippen LogP) is 1.08. The van der Waals surface area contributed by atoms with Gasteiger partial charge in [-0.3, -0.25) is 0 Å². The Hall–Kier alpha value is -1.65. The third kappa shape index (κ3) is 1.14. The number of aromatic nitrogens is 1. The highest BCUT2D eigenvalue weighted by molar-refractivity contribution is 5.92. The maximum Gasteiger partial charge on any atom is 0.356 e. The molecule has 0 amide bonds. The molecule has 1 N–H and O–H groups in total. The number of carboxylic acids is 1. The molecule has 5 nitrogen and oxygen atoms in total. The quantitative estimate of drug-likeness (QED) is 0.772. The summed E-state index contributed by atoms with van der Waals surface area (Å²) in [5.74, 6) is -0.406. The molecule has 16 heavy (non-hydrogen) atoms. The summed E-state index contributed by atoms with van der Waals surface area (Å²) in [4.78, 5) is 13.3. The van der Waals surface area contributed by atoms with Crippen molar-refractivity contribution in [3.05, 3.63) is 11.9 Å². The Morgan fingerprint density at radius 3 is 2.75 bits per heavy atom. The van der Waals surface area contributed by atoms with Crippen LogP contribution in [0.15, 0.2) is 6.20 Å². The molecule has 1 spiro atoms. The monoisotopic (exact) mass is 222 g/mol. The van der Waals surface area contributed by atoms with E-state index in [4.69, 9.17) is 9.84 Å². The van der Waals surface area contributed by atoms with Crippen molar-refractivity contribution < 1.29 is 14.6 Å². The summed E-state index contributed by atoms with van der Waals surface area (Å²) < 4.78 is 7.49. The van der Waals surface area contributed by atoms with Crippen LogP contribution < -0.4 is 9.64 Å². The molecule has 0 saturated heterocycles. The van der Waals surface area contributed by atoms with Crippen LogP contribution in [0.1, 0.15) is 23.3 Å². The number of ether oxygens (including phenoxy) is 1. The molecular weight excluding hydrogens is 208 g/mol. The molecule has 5 heteroatoms. The van der Waals surface area contributed by atoms with E-state index in [2.05, 4.69) is 4.90 Å². The van der Waals surface area contributed by atoms with Gasteiger partial charge in [0.05, 0.1) is 12.2 Å². The Morgan fingerprint density at radius 2 is 2.19 bits per heavy atom. The van der Waals surface area contributed by atoms with Gasteiger partial charge in [0.15, 0.2) is 11.4 Å². The van der Waals surface area contributed by atoms with Crippen LogP contribution in [0.3, 0.4) is 0 Å². The van der Waals surface area contributed by atoms with Crippen LogP contribution in [-0.2, 0) is 7.05 Å². The summed E-state index contributed by atoms with van der Waals surface area (Å²) in [7, 11) is 3.71. The molecular formula is C11H14N2O3. The summed E-state index contributed by atoms with van der Waals surface area (Å²) in [5, 5.41) is 9.17. The first-order chi connectivity index (χ1) is 7.52. The van der Waals surface area contributed by atoms with E-state index in [1.54, 1.807) is 11.6 Å². The van der Waals surface area contributed by atoms with E-state index in [-0.39, 0.29) is 11.3 Å². The van der Waals surface area contributed by atoms with Gasteiger partial charge in [0.1, 0.15) is 5.60 Å². The van der Waals surface area contributed by atoms with Crippen molar-refractivity contribution in [1.82, 2.24) is 4.57 Å². The zero-order chi connectivity index (χ0) is 11.5. The molecule has 2 aliphatic rings. The average Bonchev–Trinajstić information content (AvgIpc) is 2.80. The molecule has 1 saturated carbocycles. The number of hydrogen-bond acceptors (Lipinski definition) is 3. The Balaban J connectivity index is 2.14. The normalized spacial score (nSPS) is 20.5. The van der Waals surface area contributed by atoms with Gasteiger partial charge in [-0.2, -0.15) is 0 Å². The molecule has 3 rings (SSSR count). The highest BCUT2D eigenvalue weighted by Crippen LogP contribution is 2.49. The Labute approximate surface area is 93.2 Å². The fourth-order valence-electron chi connectivity index (χ4n) is 2.37. The number of carboxylic acid groups (broad SMARTS) is 1. The van der Waals surface area contributed by atoms with Crippen LogP contribution in [-0.4, -0.2) is 34.8 Å². The summed E-state index contributed by atoms with van der Waals surface area (Å²) in [5.41, 5.74) is 0.998. The lowest BCUT2D eigenvalue weighted by molar-refractivity contribution is 0.0676. The SMILES string of the molecule is CN1CC2(CC2)Oc2c1cn(C)c2C(=O)O. The molecule has 0 radical (unpaired) electrons. The van der Waals surface area contributed by atoms with Gasteiger partial charge >= 0.3 is 5.97 Å². The largest absolute Gasteiger partial charge is 0.481 e. The zero-order valence-electron chi connectivity index (χ0n) is 9.36.